The molecule has 0 saturated carbocycles. The van der Waals surface area contributed by atoms with Crippen molar-refractivity contribution in [2.45, 2.75) is 26.3 Å². The molecular formula is C13H21NO2. The van der Waals surface area contributed by atoms with Crippen molar-refractivity contribution in [3.05, 3.63) is 29.8 Å². The summed E-state index contributed by atoms with van der Waals surface area (Å²) in [5, 5.41) is 0. The first kappa shape index (κ1) is 13.0. The Hall–Kier alpha value is -1.06. The van der Waals surface area contributed by atoms with Gasteiger partial charge in [-0.2, -0.15) is 0 Å². The van der Waals surface area contributed by atoms with Gasteiger partial charge in [0.1, 0.15) is 12.4 Å². The zero-order chi connectivity index (χ0) is 11.8. The molecule has 1 aromatic rings. The number of hydrogen-bond donors (Lipinski definition) is 1. The molecule has 0 heterocycles. The van der Waals surface area contributed by atoms with E-state index in [4.69, 9.17) is 15.2 Å². The molecule has 16 heavy (non-hydrogen) atoms. The van der Waals surface area contributed by atoms with E-state index in [-0.39, 0.29) is 6.04 Å². The molecule has 0 aliphatic rings. The summed E-state index contributed by atoms with van der Waals surface area (Å²) in [7, 11) is 0. The Morgan fingerprint density at radius 3 is 2.38 bits per heavy atom. The van der Waals surface area contributed by atoms with Crippen LogP contribution in [-0.4, -0.2) is 19.8 Å². The number of nitrogens with two attached hydrogens (primary N) is 1. The second-order valence-corrected chi connectivity index (χ2v) is 3.82. The lowest BCUT2D eigenvalue weighted by molar-refractivity contribution is 0.101. The molecule has 1 aromatic carbocycles. The predicted octanol–water partition coefficient (Wildman–Crippen LogP) is 2.51. The van der Waals surface area contributed by atoms with Gasteiger partial charge in [0.25, 0.3) is 0 Å². The van der Waals surface area contributed by atoms with Crippen LogP contribution in [0.1, 0.15) is 31.9 Å². The standard InChI is InChI=1S/C13H21NO2/c1-3-8-15-9-10-16-13-6-4-12(5-7-13)11(2)14/h4-7,11H,3,8-10,14H2,1-2H3/t11-/m1/s1. The van der Waals surface area contributed by atoms with Gasteiger partial charge in [0.05, 0.1) is 6.61 Å². The van der Waals surface area contributed by atoms with Crippen LogP contribution >= 0.6 is 0 Å². The highest BCUT2D eigenvalue weighted by atomic mass is 16.5. The van der Waals surface area contributed by atoms with Gasteiger partial charge in [-0.05, 0) is 31.0 Å². The van der Waals surface area contributed by atoms with Crippen molar-refractivity contribution in [3.63, 3.8) is 0 Å². The Morgan fingerprint density at radius 2 is 1.81 bits per heavy atom. The zero-order valence-electron chi connectivity index (χ0n) is 10.1. The van der Waals surface area contributed by atoms with Gasteiger partial charge in [-0.1, -0.05) is 19.1 Å². The van der Waals surface area contributed by atoms with E-state index in [9.17, 15) is 0 Å². The lowest BCUT2D eigenvalue weighted by atomic mass is 10.1. The van der Waals surface area contributed by atoms with Crippen LogP contribution in [-0.2, 0) is 4.74 Å². The summed E-state index contributed by atoms with van der Waals surface area (Å²) < 4.78 is 10.8. The van der Waals surface area contributed by atoms with E-state index in [0.29, 0.717) is 13.2 Å². The number of ether oxygens (including phenoxy) is 2. The van der Waals surface area contributed by atoms with Crippen LogP contribution in [0.3, 0.4) is 0 Å². The number of benzene rings is 1. The monoisotopic (exact) mass is 223 g/mol. The van der Waals surface area contributed by atoms with Crippen molar-refractivity contribution >= 4 is 0 Å². The second kappa shape index (κ2) is 7.25. The summed E-state index contributed by atoms with van der Waals surface area (Å²) in [5.41, 5.74) is 6.88. The molecule has 0 saturated heterocycles. The quantitative estimate of drug-likeness (QED) is 0.722. The van der Waals surface area contributed by atoms with Crippen LogP contribution in [0, 0.1) is 0 Å². The van der Waals surface area contributed by atoms with Crippen molar-refractivity contribution in [3.8, 4) is 5.75 Å². The molecule has 3 heteroatoms. The highest BCUT2D eigenvalue weighted by Gasteiger charge is 1.99. The van der Waals surface area contributed by atoms with Crippen LogP contribution in [0.2, 0.25) is 0 Å². The van der Waals surface area contributed by atoms with Crippen LogP contribution in [0.4, 0.5) is 0 Å². The van der Waals surface area contributed by atoms with E-state index in [0.717, 1.165) is 24.3 Å². The van der Waals surface area contributed by atoms with Crippen molar-refractivity contribution in [2.75, 3.05) is 19.8 Å². The van der Waals surface area contributed by atoms with Crippen LogP contribution in [0.5, 0.6) is 5.75 Å². The van der Waals surface area contributed by atoms with Crippen LogP contribution in [0.25, 0.3) is 0 Å². The molecular weight excluding hydrogens is 202 g/mol. The fourth-order valence-electron chi connectivity index (χ4n) is 1.33. The third-order valence-electron chi connectivity index (χ3n) is 2.25. The Bertz CT molecular complexity index is 282. The van der Waals surface area contributed by atoms with Gasteiger partial charge in [-0.25, -0.2) is 0 Å². The first-order valence-corrected chi connectivity index (χ1v) is 5.80. The lowest BCUT2D eigenvalue weighted by Gasteiger charge is -2.09. The van der Waals surface area contributed by atoms with Crippen molar-refractivity contribution in [2.24, 2.45) is 5.73 Å². The molecule has 0 aromatic heterocycles. The number of rotatable bonds is 7. The van der Waals surface area contributed by atoms with E-state index < -0.39 is 0 Å². The van der Waals surface area contributed by atoms with Crippen molar-refractivity contribution < 1.29 is 9.47 Å². The van der Waals surface area contributed by atoms with Gasteiger partial charge in [-0.3, -0.25) is 0 Å². The molecule has 2 N–H and O–H groups in total. The molecule has 0 aliphatic heterocycles. The average molecular weight is 223 g/mol. The van der Waals surface area contributed by atoms with E-state index in [1.165, 1.54) is 0 Å². The molecule has 0 unspecified atom stereocenters. The SMILES string of the molecule is CCCOCCOc1ccc([C@@H](C)N)cc1. The molecule has 0 radical (unpaired) electrons. The Labute approximate surface area is 97.6 Å². The average Bonchev–Trinajstić information content (AvgIpc) is 2.29. The Balaban J connectivity index is 2.27. The van der Waals surface area contributed by atoms with Gasteiger partial charge in [-0.15, -0.1) is 0 Å². The Morgan fingerprint density at radius 1 is 1.12 bits per heavy atom. The summed E-state index contributed by atoms with van der Waals surface area (Å²) in [6.45, 7) is 6.09. The summed E-state index contributed by atoms with van der Waals surface area (Å²) in [5.74, 6) is 0.865. The van der Waals surface area contributed by atoms with E-state index >= 15 is 0 Å². The van der Waals surface area contributed by atoms with Gasteiger partial charge >= 0.3 is 0 Å². The Kier molecular flexibility index (Phi) is 5.90. The summed E-state index contributed by atoms with van der Waals surface area (Å²) in [6, 6.07) is 7.94. The van der Waals surface area contributed by atoms with Crippen molar-refractivity contribution in [1.82, 2.24) is 0 Å². The molecule has 1 rings (SSSR count). The van der Waals surface area contributed by atoms with E-state index in [1.807, 2.05) is 31.2 Å². The molecule has 0 amide bonds. The fourth-order valence-corrected chi connectivity index (χ4v) is 1.33. The maximum absolute atomic E-state index is 5.76. The highest BCUT2D eigenvalue weighted by Crippen LogP contribution is 2.15. The molecule has 0 fully saturated rings. The molecule has 0 aliphatic carbocycles. The molecule has 1 atom stereocenters. The van der Waals surface area contributed by atoms with Crippen LogP contribution < -0.4 is 10.5 Å². The second-order valence-electron chi connectivity index (χ2n) is 3.82. The zero-order valence-corrected chi connectivity index (χ0v) is 10.1. The molecule has 90 valence electrons. The minimum atomic E-state index is 0.0712. The molecule has 3 nitrogen and oxygen atoms in total. The van der Waals surface area contributed by atoms with E-state index in [2.05, 4.69) is 6.92 Å². The first-order valence-electron chi connectivity index (χ1n) is 5.80. The largest absolute Gasteiger partial charge is 0.491 e. The summed E-state index contributed by atoms with van der Waals surface area (Å²) in [4.78, 5) is 0. The third-order valence-corrected chi connectivity index (χ3v) is 2.25. The van der Waals surface area contributed by atoms with Gasteiger partial charge < -0.3 is 15.2 Å². The molecule has 0 spiro atoms. The topological polar surface area (TPSA) is 44.5 Å². The minimum absolute atomic E-state index is 0.0712. The summed E-state index contributed by atoms with van der Waals surface area (Å²) >= 11 is 0. The van der Waals surface area contributed by atoms with Crippen LogP contribution in [0.15, 0.2) is 24.3 Å². The first-order chi connectivity index (χ1) is 7.74. The van der Waals surface area contributed by atoms with Gasteiger partial charge in [0.15, 0.2) is 0 Å². The fraction of sp³-hybridized carbons (Fsp3) is 0.538. The predicted molar refractivity (Wildman–Crippen MR) is 65.6 cm³/mol. The molecule has 0 bridgehead atoms. The maximum atomic E-state index is 5.76. The minimum Gasteiger partial charge on any atom is -0.491 e. The van der Waals surface area contributed by atoms with Gasteiger partial charge in [0, 0.05) is 12.6 Å². The maximum Gasteiger partial charge on any atom is 0.119 e. The number of hydrogen-bond acceptors (Lipinski definition) is 3. The van der Waals surface area contributed by atoms with E-state index in [1.54, 1.807) is 0 Å². The highest BCUT2D eigenvalue weighted by molar-refractivity contribution is 5.28. The van der Waals surface area contributed by atoms with Crippen molar-refractivity contribution in [1.29, 1.82) is 0 Å². The normalized spacial score (nSPS) is 12.4. The summed E-state index contributed by atoms with van der Waals surface area (Å²) in [6.07, 6.45) is 1.04. The lowest BCUT2D eigenvalue weighted by Crippen LogP contribution is -2.08. The third kappa shape index (κ3) is 4.64. The smallest absolute Gasteiger partial charge is 0.119 e. The van der Waals surface area contributed by atoms with Gasteiger partial charge in [0.2, 0.25) is 0 Å².